The van der Waals surface area contributed by atoms with Gasteiger partial charge in [0.05, 0.1) is 5.56 Å². The number of carbonyl (C=O) groups is 2. The molecule has 0 radical (unpaired) electrons. The van der Waals surface area contributed by atoms with Crippen molar-refractivity contribution in [2.45, 2.75) is 20.1 Å². The Bertz CT molecular complexity index is 1670. The molecule has 6 rings (SSSR count). The van der Waals surface area contributed by atoms with Crippen LogP contribution in [0.3, 0.4) is 0 Å². The molecule has 0 bridgehead atoms. The summed E-state index contributed by atoms with van der Waals surface area (Å²) in [6.07, 6.45) is -0.787. The topological polar surface area (TPSA) is 68.2 Å². The molecule has 1 amide bonds. The number of carbonyl (C=O) groups excluding carboxylic acids is 2. The summed E-state index contributed by atoms with van der Waals surface area (Å²) in [5.74, 6) is -0.173. The van der Waals surface area contributed by atoms with Crippen molar-refractivity contribution >= 4 is 50.1 Å². The van der Waals surface area contributed by atoms with Crippen LogP contribution in [0.15, 0.2) is 96.1 Å². The molecule has 5 aromatic carbocycles. The van der Waals surface area contributed by atoms with Gasteiger partial charge in [-0.05, 0) is 50.5 Å². The summed E-state index contributed by atoms with van der Waals surface area (Å²) >= 11 is 0. The molecular weight excluding hydrogens is 452 g/mol. The highest BCUT2D eigenvalue weighted by Crippen LogP contribution is 2.40. The molecule has 0 aromatic heterocycles. The van der Waals surface area contributed by atoms with E-state index >= 15 is 0 Å². The first-order chi connectivity index (χ1) is 17.5. The molecule has 5 aromatic rings. The van der Waals surface area contributed by atoms with E-state index in [2.05, 4.69) is 11.2 Å². The first-order valence-electron chi connectivity index (χ1n) is 11.7. The van der Waals surface area contributed by atoms with Crippen LogP contribution >= 0.6 is 0 Å². The molecule has 1 aliphatic heterocycles. The number of nitrogens with zero attached hydrogens (tertiary/aromatic N) is 2. The molecule has 0 fully saturated rings. The second-order valence-corrected chi connectivity index (χ2v) is 8.76. The van der Waals surface area contributed by atoms with E-state index in [0.717, 1.165) is 37.9 Å². The second kappa shape index (κ2) is 8.50. The summed E-state index contributed by atoms with van der Waals surface area (Å²) in [5, 5.41) is 11.8. The summed E-state index contributed by atoms with van der Waals surface area (Å²) in [6, 6.07) is 29.6. The Morgan fingerprint density at radius 3 is 1.92 bits per heavy atom. The van der Waals surface area contributed by atoms with Crippen molar-refractivity contribution in [1.82, 2.24) is 5.01 Å². The molecule has 1 atom stereocenters. The van der Waals surface area contributed by atoms with Gasteiger partial charge in [-0.2, -0.15) is 5.01 Å². The number of hydrogen-bond donors (Lipinski definition) is 0. The monoisotopic (exact) mass is 474 g/mol. The fraction of sp³-hybridized carbons (Fsp3) is 0.100. The molecule has 1 aliphatic rings. The van der Waals surface area contributed by atoms with Crippen molar-refractivity contribution < 1.29 is 19.1 Å². The molecule has 36 heavy (non-hydrogen) atoms. The standard InChI is InChI=1S/C30H22N2O4/c1-18(33)32-30(28-24-13-7-5-11-22(24)15-23-12-6-8-14-25(23)28)36-29(31-32)26-16-20-9-3-4-10-21(20)17-27(26)35-19(2)34/h3-17,30H,1-2H3/t30-/m1/s1. The average Bonchev–Trinajstić information content (AvgIpc) is 3.31. The number of hydrogen-bond acceptors (Lipinski definition) is 5. The van der Waals surface area contributed by atoms with Gasteiger partial charge in [0.25, 0.3) is 0 Å². The van der Waals surface area contributed by atoms with Gasteiger partial charge in [0.15, 0.2) is 0 Å². The molecule has 0 saturated heterocycles. The number of ether oxygens (including phenoxy) is 2. The minimum Gasteiger partial charge on any atom is -0.446 e. The van der Waals surface area contributed by atoms with Crippen LogP contribution in [0.1, 0.15) is 31.2 Å². The van der Waals surface area contributed by atoms with Crippen LogP contribution in [-0.4, -0.2) is 22.8 Å². The van der Waals surface area contributed by atoms with E-state index in [-0.39, 0.29) is 11.8 Å². The number of esters is 1. The van der Waals surface area contributed by atoms with Crippen molar-refractivity contribution in [2.75, 3.05) is 0 Å². The fourth-order valence-corrected chi connectivity index (χ4v) is 4.80. The Balaban J connectivity index is 1.55. The van der Waals surface area contributed by atoms with Gasteiger partial charge in [-0.15, -0.1) is 5.10 Å². The quantitative estimate of drug-likeness (QED) is 0.175. The summed E-state index contributed by atoms with van der Waals surface area (Å²) in [6.45, 7) is 2.81. The predicted molar refractivity (Wildman–Crippen MR) is 140 cm³/mol. The number of hydrazone groups is 1. The summed E-state index contributed by atoms with van der Waals surface area (Å²) < 4.78 is 12.0. The van der Waals surface area contributed by atoms with Crippen LogP contribution in [0.4, 0.5) is 0 Å². The smallest absolute Gasteiger partial charge is 0.308 e. The van der Waals surface area contributed by atoms with Crippen LogP contribution in [0.5, 0.6) is 5.75 Å². The van der Waals surface area contributed by atoms with Gasteiger partial charge < -0.3 is 9.47 Å². The summed E-state index contributed by atoms with van der Waals surface area (Å²) in [7, 11) is 0. The van der Waals surface area contributed by atoms with Gasteiger partial charge >= 0.3 is 5.97 Å². The lowest BCUT2D eigenvalue weighted by Gasteiger charge is -2.23. The van der Waals surface area contributed by atoms with Crippen LogP contribution < -0.4 is 4.74 Å². The zero-order chi connectivity index (χ0) is 24.8. The lowest BCUT2D eigenvalue weighted by atomic mass is 9.95. The first-order valence-corrected chi connectivity index (χ1v) is 11.7. The van der Waals surface area contributed by atoms with E-state index in [0.29, 0.717) is 11.3 Å². The predicted octanol–water partition coefficient (Wildman–Crippen LogP) is 6.31. The van der Waals surface area contributed by atoms with E-state index in [1.54, 1.807) is 6.07 Å². The highest BCUT2D eigenvalue weighted by molar-refractivity contribution is 6.06. The van der Waals surface area contributed by atoms with Gasteiger partial charge in [0.1, 0.15) is 5.75 Å². The van der Waals surface area contributed by atoms with Crippen LogP contribution in [-0.2, 0) is 14.3 Å². The molecule has 0 aliphatic carbocycles. The molecular formula is C30H22N2O4. The Morgan fingerprint density at radius 1 is 0.778 bits per heavy atom. The van der Waals surface area contributed by atoms with E-state index < -0.39 is 12.2 Å². The first kappa shape index (κ1) is 21.8. The Labute approximate surface area is 207 Å². The maximum atomic E-state index is 12.8. The Kier molecular flexibility index (Phi) is 5.15. The summed E-state index contributed by atoms with van der Waals surface area (Å²) in [5.41, 5.74) is 1.36. The summed E-state index contributed by atoms with van der Waals surface area (Å²) in [4.78, 5) is 24.7. The SMILES string of the molecule is CC(=O)Oc1cc2ccccc2cc1C1=NN(C(C)=O)[C@@H](c2c3ccccc3cc3ccccc23)O1. The van der Waals surface area contributed by atoms with E-state index in [1.165, 1.54) is 18.9 Å². The van der Waals surface area contributed by atoms with Crippen molar-refractivity contribution in [1.29, 1.82) is 0 Å². The maximum Gasteiger partial charge on any atom is 0.308 e. The van der Waals surface area contributed by atoms with Crippen LogP contribution in [0.2, 0.25) is 0 Å². The van der Waals surface area contributed by atoms with Crippen molar-refractivity contribution in [3.8, 4) is 5.75 Å². The zero-order valence-corrected chi connectivity index (χ0v) is 19.8. The highest BCUT2D eigenvalue weighted by Gasteiger charge is 2.36. The van der Waals surface area contributed by atoms with Gasteiger partial charge in [0.2, 0.25) is 18.0 Å². The highest BCUT2D eigenvalue weighted by atomic mass is 16.5. The Morgan fingerprint density at radius 2 is 1.33 bits per heavy atom. The van der Waals surface area contributed by atoms with Crippen molar-refractivity contribution in [3.63, 3.8) is 0 Å². The number of rotatable bonds is 3. The van der Waals surface area contributed by atoms with Crippen LogP contribution in [0, 0.1) is 0 Å². The fourth-order valence-electron chi connectivity index (χ4n) is 4.80. The third-order valence-electron chi connectivity index (χ3n) is 6.36. The third kappa shape index (κ3) is 3.64. The molecule has 0 N–H and O–H groups in total. The Hall–Kier alpha value is -4.71. The van der Waals surface area contributed by atoms with Gasteiger partial charge in [-0.25, -0.2) is 0 Å². The lowest BCUT2D eigenvalue weighted by molar-refractivity contribution is -0.135. The minimum atomic E-state index is -0.787. The van der Waals surface area contributed by atoms with E-state index in [9.17, 15) is 9.59 Å². The van der Waals surface area contributed by atoms with E-state index in [4.69, 9.17) is 9.47 Å². The minimum absolute atomic E-state index is 0.217. The van der Waals surface area contributed by atoms with Crippen molar-refractivity contribution in [3.05, 3.63) is 102 Å². The molecule has 6 heteroatoms. The van der Waals surface area contributed by atoms with Gasteiger partial charge in [-0.1, -0.05) is 72.8 Å². The third-order valence-corrected chi connectivity index (χ3v) is 6.36. The maximum absolute atomic E-state index is 12.8. The molecule has 0 unspecified atom stereocenters. The number of benzene rings is 5. The largest absolute Gasteiger partial charge is 0.446 e. The van der Waals surface area contributed by atoms with E-state index in [1.807, 2.05) is 78.9 Å². The van der Waals surface area contributed by atoms with Gasteiger partial charge in [0, 0.05) is 19.4 Å². The van der Waals surface area contributed by atoms with Crippen LogP contribution in [0.25, 0.3) is 32.3 Å². The normalized spacial score (nSPS) is 15.2. The molecule has 0 spiro atoms. The molecule has 176 valence electrons. The molecule has 0 saturated carbocycles. The van der Waals surface area contributed by atoms with Crippen molar-refractivity contribution in [2.24, 2.45) is 5.10 Å². The second-order valence-electron chi connectivity index (χ2n) is 8.76. The average molecular weight is 475 g/mol. The molecule has 1 heterocycles. The molecule has 6 nitrogen and oxygen atoms in total. The number of fused-ring (bicyclic) bond motifs is 3. The van der Waals surface area contributed by atoms with Gasteiger partial charge in [-0.3, -0.25) is 9.59 Å². The number of amides is 1. The lowest BCUT2D eigenvalue weighted by Crippen LogP contribution is -2.25. The zero-order valence-electron chi connectivity index (χ0n) is 19.8.